The molecule has 1 aliphatic rings. The van der Waals surface area contributed by atoms with Crippen LogP contribution < -0.4 is 10.8 Å². The van der Waals surface area contributed by atoms with E-state index in [-0.39, 0.29) is 17.3 Å². The molecule has 214 valence electrons. The fraction of sp³-hybridized carbons (Fsp3) is 0.500. The number of nitrogens with zero attached hydrogens (tertiary/aromatic N) is 2. The number of unbranched alkanes of at least 4 members (excludes halogenated alkanes) is 1. The van der Waals surface area contributed by atoms with Gasteiger partial charge in [-0.2, -0.15) is 4.31 Å². The number of amides is 2. The number of benzene rings is 2. The molecular formula is C28H40N4O6S. The van der Waals surface area contributed by atoms with Crippen molar-refractivity contribution in [1.82, 2.24) is 14.7 Å². The fourth-order valence-electron chi connectivity index (χ4n) is 4.56. The van der Waals surface area contributed by atoms with Gasteiger partial charge in [0.1, 0.15) is 6.04 Å². The first-order valence-corrected chi connectivity index (χ1v) is 14.9. The van der Waals surface area contributed by atoms with Crippen molar-refractivity contribution in [1.29, 1.82) is 0 Å². The molecule has 0 aliphatic carbocycles. The van der Waals surface area contributed by atoms with Crippen molar-refractivity contribution >= 4 is 27.5 Å². The molecule has 3 N–H and O–H groups in total. The minimum absolute atomic E-state index is 0.0147. The summed E-state index contributed by atoms with van der Waals surface area (Å²) >= 11 is 0. The van der Waals surface area contributed by atoms with Gasteiger partial charge in [0.05, 0.1) is 18.1 Å². The maximum atomic E-state index is 13.8. The van der Waals surface area contributed by atoms with Crippen LogP contribution in [-0.4, -0.2) is 80.1 Å². The van der Waals surface area contributed by atoms with Crippen molar-refractivity contribution in [2.45, 2.75) is 51.0 Å². The maximum Gasteiger partial charge on any atom is 0.262 e. The first-order valence-electron chi connectivity index (χ1n) is 13.4. The SMILES string of the molecule is CCCCc1ccc(C(=O)Nc2ccc(S(=O)(=O)N(CCN3CCOCC3)C(C(=O)NO)C(C)C)cc2)cc1. The summed E-state index contributed by atoms with van der Waals surface area (Å²) in [4.78, 5) is 27.3. The van der Waals surface area contributed by atoms with Crippen molar-refractivity contribution in [2.75, 3.05) is 44.7 Å². The van der Waals surface area contributed by atoms with Crippen molar-refractivity contribution in [3.63, 3.8) is 0 Å². The van der Waals surface area contributed by atoms with Crippen LogP contribution in [0.5, 0.6) is 0 Å². The molecule has 0 spiro atoms. The van der Waals surface area contributed by atoms with Crippen molar-refractivity contribution in [3.8, 4) is 0 Å². The number of carbonyl (C=O) groups is 2. The van der Waals surface area contributed by atoms with E-state index >= 15 is 0 Å². The van der Waals surface area contributed by atoms with Crippen molar-refractivity contribution in [3.05, 3.63) is 59.7 Å². The predicted octanol–water partition coefficient (Wildman–Crippen LogP) is 3.13. The number of anilines is 1. The lowest BCUT2D eigenvalue weighted by Crippen LogP contribution is -2.54. The maximum absolute atomic E-state index is 13.8. The molecule has 1 atom stereocenters. The second kappa shape index (κ2) is 14.5. The summed E-state index contributed by atoms with van der Waals surface area (Å²) in [7, 11) is -4.12. The van der Waals surface area contributed by atoms with Gasteiger partial charge in [-0.1, -0.05) is 39.3 Å². The summed E-state index contributed by atoms with van der Waals surface area (Å²) in [5.74, 6) is -1.48. The van der Waals surface area contributed by atoms with E-state index in [1.165, 1.54) is 29.8 Å². The van der Waals surface area contributed by atoms with E-state index in [0.29, 0.717) is 44.1 Å². The number of nitrogens with one attached hydrogen (secondary N) is 2. The highest BCUT2D eigenvalue weighted by Crippen LogP contribution is 2.24. The van der Waals surface area contributed by atoms with Crippen LogP contribution in [0.15, 0.2) is 53.4 Å². The van der Waals surface area contributed by atoms with Crippen molar-refractivity contribution in [2.24, 2.45) is 5.92 Å². The van der Waals surface area contributed by atoms with E-state index in [1.807, 2.05) is 12.1 Å². The molecule has 39 heavy (non-hydrogen) atoms. The number of aryl methyl sites for hydroxylation is 1. The van der Waals surface area contributed by atoms with Gasteiger partial charge in [-0.05, 0) is 60.7 Å². The van der Waals surface area contributed by atoms with E-state index in [0.717, 1.165) is 23.6 Å². The lowest BCUT2D eigenvalue weighted by atomic mass is 10.0. The number of hydrogen-bond acceptors (Lipinski definition) is 7. The molecule has 1 heterocycles. The van der Waals surface area contributed by atoms with E-state index in [1.54, 1.807) is 31.5 Å². The Labute approximate surface area is 231 Å². The van der Waals surface area contributed by atoms with Crippen LogP contribution in [0.25, 0.3) is 0 Å². The third-order valence-corrected chi connectivity index (χ3v) is 8.71. The predicted molar refractivity (Wildman–Crippen MR) is 149 cm³/mol. The van der Waals surface area contributed by atoms with Crippen LogP contribution in [0, 0.1) is 5.92 Å². The Morgan fingerprint density at radius 3 is 2.26 bits per heavy atom. The quantitative estimate of drug-likeness (QED) is 0.254. The molecule has 1 aliphatic heterocycles. The van der Waals surface area contributed by atoms with Crippen LogP contribution in [-0.2, 0) is 26.0 Å². The van der Waals surface area contributed by atoms with Crippen LogP contribution >= 0.6 is 0 Å². The van der Waals surface area contributed by atoms with Gasteiger partial charge < -0.3 is 10.1 Å². The second-order valence-corrected chi connectivity index (χ2v) is 11.9. The Kier molecular flexibility index (Phi) is 11.4. The van der Waals surface area contributed by atoms with Crippen LogP contribution in [0.2, 0.25) is 0 Å². The minimum Gasteiger partial charge on any atom is -0.379 e. The third kappa shape index (κ3) is 8.33. The lowest BCUT2D eigenvalue weighted by molar-refractivity contribution is -0.134. The number of sulfonamides is 1. The molecule has 11 heteroatoms. The molecule has 10 nitrogen and oxygen atoms in total. The summed E-state index contributed by atoms with van der Waals surface area (Å²) in [6.07, 6.45) is 3.16. The zero-order chi connectivity index (χ0) is 28.4. The molecule has 0 aromatic heterocycles. The summed E-state index contributed by atoms with van der Waals surface area (Å²) in [6, 6.07) is 12.2. The Bertz CT molecular complexity index is 1180. The lowest BCUT2D eigenvalue weighted by Gasteiger charge is -2.34. The Morgan fingerprint density at radius 1 is 1.05 bits per heavy atom. The van der Waals surface area contributed by atoms with E-state index in [2.05, 4.69) is 17.1 Å². The van der Waals surface area contributed by atoms with Gasteiger partial charge in [-0.3, -0.25) is 19.7 Å². The fourth-order valence-corrected chi connectivity index (χ4v) is 6.27. The Hall–Kier alpha value is -2.83. The van der Waals surface area contributed by atoms with Gasteiger partial charge in [0.15, 0.2) is 0 Å². The summed E-state index contributed by atoms with van der Waals surface area (Å²) in [5.41, 5.74) is 3.76. The number of morpholine rings is 1. The molecule has 2 amide bonds. The van der Waals surface area contributed by atoms with Gasteiger partial charge in [0, 0.05) is 37.4 Å². The molecule has 1 saturated heterocycles. The standard InChI is InChI=1S/C28H40N4O6S/c1-4-5-6-22-7-9-23(10-8-22)27(33)29-24-11-13-25(14-12-24)39(36,37)32(26(21(2)3)28(34)30-35)16-15-31-17-19-38-20-18-31/h7-14,21,26,35H,4-6,15-20H2,1-3H3,(H,29,33)(H,30,34). The van der Waals surface area contributed by atoms with Crippen molar-refractivity contribution < 1.29 is 28.0 Å². The molecule has 2 aromatic carbocycles. The average Bonchev–Trinajstić information content (AvgIpc) is 2.94. The van der Waals surface area contributed by atoms with Crippen LogP contribution in [0.1, 0.15) is 49.5 Å². The monoisotopic (exact) mass is 560 g/mol. The van der Waals surface area contributed by atoms with E-state index in [9.17, 15) is 23.2 Å². The highest BCUT2D eigenvalue weighted by molar-refractivity contribution is 7.89. The number of carbonyl (C=O) groups excluding carboxylic acids is 2. The largest absolute Gasteiger partial charge is 0.379 e. The first kappa shape index (κ1) is 30.7. The molecule has 1 unspecified atom stereocenters. The Balaban J connectivity index is 1.77. The molecule has 2 aromatic rings. The number of hydrogen-bond donors (Lipinski definition) is 3. The van der Waals surface area contributed by atoms with Crippen LogP contribution in [0.3, 0.4) is 0 Å². The molecule has 0 saturated carbocycles. The Morgan fingerprint density at radius 2 is 1.69 bits per heavy atom. The number of rotatable bonds is 13. The minimum atomic E-state index is -4.12. The van der Waals surface area contributed by atoms with Crippen LogP contribution in [0.4, 0.5) is 5.69 Å². The van der Waals surface area contributed by atoms with E-state index in [4.69, 9.17) is 4.74 Å². The van der Waals surface area contributed by atoms with Gasteiger partial charge in [-0.25, -0.2) is 13.9 Å². The number of ether oxygens (including phenoxy) is 1. The molecule has 3 rings (SSSR count). The molecule has 0 bridgehead atoms. The van der Waals surface area contributed by atoms with Gasteiger partial charge in [0.2, 0.25) is 10.0 Å². The number of hydroxylamine groups is 1. The zero-order valence-corrected chi connectivity index (χ0v) is 23.7. The molecule has 1 fully saturated rings. The molecule has 0 radical (unpaired) electrons. The third-order valence-electron chi connectivity index (χ3n) is 6.81. The van der Waals surface area contributed by atoms with Gasteiger partial charge in [0.25, 0.3) is 11.8 Å². The highest BCUT2D eigenvalue weighted by Gasteiger charge is 2.38. The van der Waals surface area contributed by atoms with Gasteiger partial charge >= 0.3 is 0 Å². The smallest absolute Gasteiger partial charge is 0.262 e. The van der Waals surface area contributed by atoms with Gasteiger partial charge in [-0.15, -0.1) is 0 Å². The summed E-state index contributed by atoms with van der Waals surface area (Å²) in [6.45, 7) is 8.53. The summed E-state index contributed by atoms with van der Waals surface area (Å²) in [5, 5.41) is 12.1. The van der Waals surface area contributed by atoms with E-state index < -0.39 is 27.9 Å². The molecular weight excluding hydrogens is 520 g/mol. The second-order valence-electron chi connectivity index (χ2n) is 10.0. The topological polar surface area (TPSA) is 128 Å². The average molecular weight is 561 g/mol. The zero-order valence-electron chi connectivity index (χ0n) is 22.9. The normalized spacial score (nSPS) is 15.3. The summed E-state index contributed by atoms with van der Waals surface area (Å²) < 4.78 is 34.0. The highest BCUT2D eigenvalue weighted by atomic mass is 32.2. The first-order chi connectivity index (χ1) is 18.7.